The van der Waals surface area contributed by atoms with Crippen molar-refractivity contribution in [3.63, 3.8) is 0 Å². The van der Waals surface area contributed by atoms with E-state index in [9.17, 15) is 4.79 Å². The highest BCUT2D eigenvalue weighted by molar-refractivity contribution is 9.10. The van der Waals surface area contributed by atoms with Gasteiger partial charge >= 0.3 is 0 Å². The number of rotatable bonds is 1. The Hall–Kier alpha value is -0.580. The lowest BCUT2D eigenvalue weighted by atomic mass is 10.0. The van der Waals surface area contributed by atoms with E-state index in [-0.39, 0.29) is 5.91 Å². The van der Waals surface area contributed by atoms with Crippen molar-refractivity contribution in [1.29, 1.82) is 0 Å². The Bertz CT molecular complexity index is 494. The standard InChI is InChI=1S/C13H14BrClN2O/c14-9-1-2-10(11(15)5-9)13(18)17-4-3-8-6-16-7-12(8)17/h1-2,5,8,12,16H,3-4,6-7H2/t8-,12+/m1/s1. The number of nitrogens with one attached hydrogen (secondary N) is 1. The van der Waals surface area contributed by atoms with E-state index in [1.807, 2.05) is 11.0 Å². The highest BCUT2D eigenvalue weighted by atomic mass is 79.9. The summed E-state index contributed by atoms with van der Waals surface area (Å²) in [6.45, 7) is 2.79. The van der Waals surface area contributed by atoms with E-state index in [4.69, 9.17) is 11.6 Å². The Balaban J connectivity index is 1.86. The lowest BCUT2D eigenvalue weighted by Crippen LogP contribution is -2.39. The monoisotopic (exact) mass is 328 g/mol. The first-order chi connectivity index (χ1) is 8.66. The van der Waals surface area contributed by atoms with Crippen molar-refractivity contribution in [3.8, 4) is 0 Å². The Morgan fingerprint density at radius 1 is 1.44 bits per heavy atom. The van der Waals surface area contributed by atoms with E-state index in [0.717, 1.165) is 30.5 Å². The highest BCUT2D eigenvalue weighted by Gasteiger charge is 2.40. The summed E-state index contributed by atoms with van der Waals surface area (Å²) in [4.78, 5) is 14.5. The molecule has 0 radical (unpaired) electrons. The highest BCUT2D eigenvalue weighted by Crippen LogP contribution is 2.30. The van der Waals surface area contributed by atoms with Gasteiger partial charge in [-0.1, -0.05) is 27.5 Å². The number of carbonyl (C=O) groups excluding carboxylic acids is 1. The van der Waals surface area contributed by atoms with Gasteiger partial charge in [0, 0.05) is 30.1 Å². The van der Waals surface area contributed by atoms with Gasteiger partial charge in [0.15, 0.2) is 0 Å². The molecule has 2 aliphatic heterocycles. The van der Waals surface area contributed by atoms with Crippen molar-refractivity contribution in [2.45, 2.75) is 12.5 Å². The zero-order valence-corrected chi connectivity index (χ0v) is 12.2. The van der Waals surface area contributed by atoms with E-state index in [0.29, 0.717) is 22.5 Å². The Labute approximate surface area is 120 Å². The number of likely N-dealkylation sites (tertiary alicyclic amines) is 1. The lowest BCUT2D eigenvalue weighted by molar-refractivity contribution is 0.0737. The zero-order valence-electron chi connectivity index (χ0n) is 9.83. The molecular weight excluding hydrogens is 316 g/mol. The molecule has 96 valence electrons. The van der Waals surface area contributed by atoms with Gasteiger partial charge in [-0.05, 0) is 30.5 Å². The van der Waals surface area contributed by atoms with Gasteiger partial charge < -0.3 is 10.2 Å². The van der Waals surface area contributed by atoms with Gasteiger partial charge in [0.1, 0.15) is 0 Å². The minimum Gasteiger partial charge on any atom is -0.334 e. The van der Waals surface area contributed by atoms with Crippen LogP contribution < -0.4 is 5.32 Å². The van der Waals surface area contributed by atoms with Crippen LogP contribution in [0.5, 0.6) is 0 Å². The predicted molar refractivity (Wildman–Crippen MR) is 75.0 cm³/mol. The fourth-order valence-electron chi connectivity index (χ4n) is 2.92. The molecule has 3 nitrogen and oxygen atoms in total. The molecule has 1 N–H and O–H groups in total. The SMILES string of the molecule is O=C(c1ccc(Br)cc1Cl)N1CC[C@@H]2CNC[C@@H]21. The first kappa shape index (κ1) is 12.5. The number of benzene rings is 1. The molecule has 0 saturated carbocycles. The molecule has 2 saturated heterocycles. The summed E-state index contributed by atoms with van der Waals surface area (Å²) in [5.74, 6) is 0.673. The maximum absolute atomic E-state index is 12.5. The van der Waals surface area contributed by atoms with E-state index >= 15 is 0 Å². The first-order valence-electron chi connectivity index (χ1n) is 6.13. The summed E-state index contributed by atoms with van der Waals surface area (Å²) in [6, 6.07) is 5.77. The van der Waals surface area contributed by atoms with Crippen molar-refractivity contribution >= 4 is 33.4 Å². The molecule has 0 bridgehead atoms. The molecule has 5 heteroatoms. The van der Waals surface area contributed by atoms with E-state index in [2.05, 4.69) is 21.2 Å². The molecule has 2 atom stereocenters. The van der Waals surface area contributed by atoms with Crippen LogP contribution in [0.25, 0.3) is 0 Å². The van der Waals surface area contributed by atoms with Crippen molar-refractivity contribution < 1.29 is 4.79 Å². The zero-order chi connectivity index (χ0) is 12.7. The molecule has 1 aromatic carbocycles. The second kappa shape index (κ2) is 4.83. The Morgan fingerprint density at radius 2 is 2.28 bits per heavy atom. The molecule has 2 fully saturated rings. The molecule has 2 aliphatic rings. The number of hydrogen-bond acceptors (Lipinski definition) is 2. The van der Waals surface area contributed by atoms with Crippen LogP contribution in [0.3, 0.4) is 0 Å². The Morgan fingerprint density at radius 3 is 3.06 bits per heavy atom. The summed E-state index contributed by atoms with van der Waals surface area (Å²) in [5, 5.41) is 3.87. The van der Waals surface area contributed by atoms with Gasteiger partial charge in [0.25, 0.3) is 5.91 Å². The van der Waals surface area contributed by atoms with E-state index < -0.39 is 0 Å². The molecular formula is C13H14BrClN2O. The second-order valence-electron chi connectivity index (χ2n) is 4.90. The molecule has 2 heterocycles. The smallest absolute Gasteiger partial charge is 0.255 e. The van der Waals surface area contributed by atoms with Crippen LogP contribution in [-0.4, -0.2) is 36.5 Å². The van der Waals surface area contributed by atoms with Crippen molar-refractivity contribution in [1.82, 2.24) is 10.2 Å². The maximum Gasteiger partial charge on any atom is 0.255 e. The number of amides is 1. The predicted octanol–water partition coefficient (Wildman–Crippen LogP) is 2.54. The minimum absolute atomic E-state index is 0.0590. The van der Waals surface area contributed by atoms with Gasteiger partial charge in [-0.25, -0.2) is 0 Å². The van der Waals surface area contributed by atoms with Crippen molar-refractivity contribution in [2.75, 3.05) is 19.6 Å². The molecule has 0 spiro atoms. The summed E-state index contributed by atoms with van der Waals surface area (Å²) in [5.41, 5.74) is 0.604. The first-order valence-corrected chi connectivity index (χ1v) is 7.30. The third kappa shape index (κ3) is 2.06. The summed E-state index contributed by atoms with van der Waals surface area (Å²) < 4.78 is 0.894. The third-order valence-electron chi connectivity index (χ3n) is 3.87. The summed E-state index contributed by atoms with van der Waals surface area (Å²) in [6.07, 6.45) is 1.09. The van der Waals surface area contributed by atoms with Gasteiger partial charge in [-0.15, -0.1) is 0 Å². The number of carbonyl (C=O) groups is 1. The van der Waals surface area contributed by atoms with Gasteiger partial charge in [-0.2, -0.15) is 0 Å². The topological polar surface area (TPSA) is 32.3 Å². The van der Waals surface area contributed by atoms with Gasteiger partial charge in [0.2, 0.25) is 0 Å². The number of nitrogens with zero attached hydrogens (tertiary/aromatic N) is 1. The third-order valence-corrected chi connectivity index (χ3v) is 4.67. The molecule has 1 aromatic rings. The quantitative estimate of drug-likeness (QED) is 0.859. The normalized spacial score (nSPS) is 26.4. The molecule has 0 unspecified atom stereocenters. The number of hydrogen-bond donors (Lipinski definition) is 1. The van der Waals surface area contributed by atoms with Crippen LogP contribution >= 0.6 is 27.5 Å². The lowest BCUT2D eigenvalue weighted by Gasteiger charge is -2.24. The number of fused-ring (bicyclic) bond motifs is 1. The summed E-state index contributed by atoms with van der Waals surface area (Å²) >= 11 is 9.51. The van der Waals surface area contributed by atoms with Crippen LogP contribution in [0.1, 0.15) is 16.8 Å². The largest absolute Gasteiger partial charge is 0.334 e. The van der Waals surface area contributed by atoms with Gasteiger partial charge in [-0.3, -0.25) is 4.79 Å². The average molecular weight is 330 g/mol. The van der Waals surface area contributed by atoms with Crippen LogP contribution in [0.15, 0.2) is 22.7 Å². The van der Waals surface area contributed by atoms with Crippen LogP contribution in [0.2, 0.25) is 5.02 Å². The number of halogens is 2. The Kier molecular flexibility index (Phi) is 3.34. The van der Waals surface area contributed by atoms with Crippen LogP contribution in [-0.2, 0) is 0 Å². The van der Waals surface area contributed by atoms with Crippen LogP contribution in [0.4, 0.5) is 0 Å². The van der Waals surface area contributed by atoms with Crippen molar-refractivity contribution in [2.24, 2.45) is 5.92 Å². The molecule has 0 aromatic heterocycles. The van der Waals surface area contributed by atoms with Gasteiger partial charge in [0.05, 0.1) is 10.6 Å². The fraction of sp³-hybridized carbons (Fsp3) is 0.462. The molecule has 0 aliphatic carbocycles. The summed E-state index contributed by atoms with van der Waals surface area (Å²) in [7, 11) is 0. The molecule has 1 amide bonds. The maximum atomic E-state index is 12.5. The van der Waals surface area contributed by atoms with Crippen molar-refractivity contribution in [3.05, 3.63) is 33.3 Å². The van der Waals surface area contributed by atoms with Crippen LogP contribution in [0, 0.1) is 5.92 Å². The average Bonchev–Trinajstić information content (AvgIpc) is 2.89. The molecule has 3 rings (SSSR count). The van der Waals surface area contributed by atoms with E-state index in [1.54, 1.807) is 12.1 Å². The second-order valence-corrected chi connectivity index (χ2v) is 6.22. The fourth-order valence-corrected chi connectivity index (χ4v) is 3.67. The van der Waals surface area contributed by atoms with E-state index in [1.165, 1.54) is 0 Å². The minimum atomic E-state index is 0.0590. The molecule has 18 heavy (non-hydrogen) atoms.